The quantitative estimate of drug-likeness (QED) is 0.781. The third-order valence-corrected chi connectivity index (χ3v) is 5.25. The van der Waals surface area contributed by atoms with Crippen LogP contribution in [-0.4, -0.2) is 60.2 Å². The van der Waals surface area contributed by atoms with Crippen molar-refractivity contribution in [3.05, 3.63) is 17.0 Å². The summed E-state index contributed by atoms with van der Waals surface area (Å²) < 4.78 is 5.35. The van der Waals surface area contributed by atoms with Crippen LogP contribution in [0.5, 0.6) is 0 Å². The molecule has 2 aliphatic heterocycles. The van der Waals surface area contributed by atoms with Crippen molar-refractivity contribution in [2.75, 3.05) is 44.3 Å². The van der Waals surface area contributed by atoms with Crippen LogP contribution >= 0.6 is 11.6 Å². The van der Waals surface area contributed by atoms with E-state index in [4.69, 9.17) is 21.3 Å². The van der Waals surface area contributed by atoms with Crippen LogP contribution in [0.25, 0.3) is 0 Å². The van der Waals surface area contributed by atoms with E-state index in [1.165, 1.54) is 0 Å². The zero-order chi connectivity index (χ0) is 16.5. The maximum Gasteiger partial charge on any atom is 0.227 e. The second-order valence-electron chi connectivity index (χ2n) is 6.90. The summed E-state index contributed by atoms with van der Waals surface area (Å²) in [5, 5.41) is 0.503. The van der Waals surface area contributed by atoms with Crippen molar-refractivity contribution in [1.29, 1.82) is 0 Å². The van der Waals surface area contributed by atoms with E-state index in [0.717, 1.165) is 43.9 Å². The Morgan fingerprint density at radius 3 is 2.71 bits per heavy atom. The number of carbonyl (C=O) groups is 1. The van der Waals surface area contributed by atoms with Gasteiger partial charge in [0.25, 0.3) is 0 Å². The molecule has 3 aliphatic rings. The van der Waals surface area contributed by atoms with E-state index < -0.39 is 0 Å². The van der Waals surface area contributed by atoms with Gasteiger partial charge in [-0.3, -0.25) is 4.79 Å². The van der Waals surface area contributed by atoms with E-state index in [0.29, 0.717) is 43.9 Å². The number of morpholine rings is 1. The monoisotopic (exact) mass is 350 g/mol. The Bertz CT molecular complexity index is 617. The molecule has 3 fully saturated rings. The van der Waals surface area contributed by atoms with Crippen LogP contribution in [0.4, 0.5) is 5.82 Å². The summed E-state index contributed by atoms with van der Waals surface area (Å²) in [4.78, 5) is 26.0. The fourth-order valence-corrected chi connectivity index (χ4v) is 3.72. The lowest BCUT2D eigenvalue weighted by Crippen LogP contribution is -2.48. The molecule has 130 valence electrons. The molecule has 1 atom stereocenters. The zero-order valence-electron chi connectivity index (χ0n) is 13.8. The van der Waals surface area contributed by atoms with Crippen molar-refractivity contribution in [3.8, 4) is 0 Å². The summed E-state index contributed by atoms with van der Waals surface area (Å²) in [6.45, 7) is 4.35. The lowest BCUT2D eigenvalue weighted by atomic mass is 9.96. The molecular weight excluding hydrogens is 328 g/mol. The highest BCUT2D eigenvalue weighted by Crippen LogP contribution is 2.39. The molecule has 2 saturated heterocycles. The lowest BCUT2D eigenvalue weighted by molar-refractivity contribution is -0.139. The Morgan fingerprint density at radius 2 is 1.96 bits per heavy atom. The minimum atomic E-state index is 0.0370. The number of nitrogens with zero attached hydrogens (tertiary/aromatic N) is 4. The third kappa shape index (κ3) is 3.49. The zero-order valence-corrected chi connectivity index (χ0v) is 14.5. The number of carbonyl (C=O) groups excluding carboxylic acids is 1. The van der Waals surface area contributed by atoms with Gasteiger partial charge in [0.15, 0.2) is 0 Å². The molecule has 0 spiro atoms. The van der Waals surface area contributed by atoms with Gasteiger partial charge >= 0.3 is 0 Å². The summed E-state index contributed by atoms with van der Waals surface area (Å²) in [5.41, 5.74) is 0. The van der Waals surface area contributed by atoms with Gasteiger partial charge < -0.3 is 14.5 Å². The van der Waals surface area contributed by atoms with Crippen molar-refractivity contribution < 1.29 is 9.53 Å². The van der Waals surface area contributed by atoms with Gasteiger partial charge in [-0.1, -0.05) is 11.6 Å². The fraction of sp³-hybridized carbons (Fsp3) is 0.706. The lowest BCUT2D eigenvalue weighted by Gasteiger charge is -2.36. The van der Waals surface area contributed by atoms with Gasteiger partial charge in [-0.2, -0.15) is 0 Å². The van der Waals surface area contributed by atoms with E-state index in [1.54, 1.807) is 0 Å². The highest BCUT2D eigenvalue weighted by Gasteiger charge is 2.32. The standard InChI is InChI=1S/C17H23ClN4O2/c18-14-10-15(20-16(19-14)12-3-4-12)22-5-1-2-13(11-22)17(23)21-6-8-24-9-7-21/h10,12-13H,1-9,11H2. The number of ether oxygens (including phenoxy) is 1. The second kappa shape index (κ2) is 6.84. The van der Waals surface area contributed by atoms with Crippen molar-refractivity contribution in [2.24, 2.45) is 5.92 Å². The SMILES string of the molecule is O=C(C1CCCN(c2cc(Cl)nc(C3CC3)n2)C1)N1CCOCC1. The Labute approximate surface area is 147 Å². The maximum absolute atomic E-state index is 12.8. The van der Waals surface area contributed by atoms with E-state index in [1.807, 2.05) is 11.0 Å². The van der Waals surface area contributed by atoms with Crippen LogP contribution in [0.15, 0.2) is 6.07 Å². The van der Waals surface area contributed by atoms with Crippen LogP contribution < -0.4 is 4.90 Å². The Kier molecular flexibility index (Phi) is 4.59. The Hall–Kier alpha value is -1.40. The van der Waals surface area contributed by atoms with Crippen LogP contribution in [0, 0.1) is 5.92 Å². The largest absolute Gasteiger partial charge is 0.378 e. The molecule has 1 amide bonds. The highest BCUT2D eigenvalue weighted by molar-refractivity contribution is 6.29. The predicted molar refractivity (Wildman–Crippen MR) is 91.4 cm³/mol. The average Bonchev–Trinajstić information content (AvgIpc) is 3.47. The minimum Gasteiger partial charge on any atom is -0.378 e. The van der Waals surface area contributed by atoms with E-state index in [9.17, 15) is 4.79 Å². The smallest absolute Gasteiger partial charge is 0.227 e. The van der Waals surface area contributed by atoms with Crippen molar-refractivity contribution in [1.82, 2.24) is 14.9 Å². The number of piperidine rings is 1. The third-order valence-electron chi connectivity index (χ3n) is 5.06. The van der Waals surface area contributed by atoms with Gasteiger partial charge in [0.2, 0.25) is 5.91 Å². The van der Waals surface area contributed by atoms with Crippen LogP contribution in [0.1, 0.15) is 37.4 Å². The number of anilines is 1. The van der Waals surface area contributed by atoms with Gasteiger partial charge in [-0.05, 0) is 25.7 Å². The number of amides is 1. The summed E-state index contributed by atoms with van der Waals surface area (Å²) in [5.74, 6) is 2.49. The van der Waals surface area contributed by atoms with Crippen LogP contribution in [-0.2, 0) is 9.53 Å². The Morgan fingerprint density at radius 1 is 1.17 bits per heavy atom. The summed E-state index contributed by atoms with van der Waals surface area (Å²) >= 11 is 6.19. The van der Waals surface area contributed by atoms with E-state index in [-0.39, 0.29) is 11.8 Å². The number of aromatic nitrogens is 2. The van der Waals surface area contributed by atoms with Gasteiger partial charge in [0, 0.05) is 38.2 Å². The van der Waals surface area contributed by atoms with Crippen LogP contribution in [0.3, 0.4) is 0 Å². The number of hydrogen-bond acceptors (Lipinski definition) is 5. The predicted octanol–water partition coefficient (Wildman–Crippen LogP) is 2.08. The number of halogens is 1. The molecule has 0 N–H and O–H groups in total. The van der Waals surface area contributed by atoms with E-state index >= 15 is 0 Å². The number of hydrogen-bond donors (Lipinski definition) is 0. The Balaban J connectivity index is 1.47. The van der Waals surface area contributed by atoms with Crippen molar-refractivity contribution in [2.45, 2.75) is 31.6 Å². The molecule has 1 unspecified atom stereocenters. The summed E-state index contributed by atoms with van der Waals surface area (Å²) in [6.07, 6.45) is 4.25. The fourth-order valence-electron chi connectivity index (χ4n) is 3.54. The molecule has 7 heteroatoms. The summed E-state index contributed by atoms with van der Waals surface area (Å²) in [7, 11) is 0. The van der Waals surface area contributed by atoms with Crippen molar-refractivity contribution >= 4 is 23.3 Å². The molecule has 0 bridgehead atoms. The first kappa shape index (κ1) is 16.1. The van der Waals surface area contributed by atoms with Gasteiger partial charge in [0.05, 0.1) is 19.1 Å². The van der Waals surface area contributed by atoms with E-state index in [2.05, 4.69) is 9.88 Å². The number of rotatable bonds is 3. The van der Waals surface area contributed by atoms with Crippen molar-refractivity contribution in [3.63, 3.8) is 0 Å². The van der Waals surface area contributed by atoms with Gasteiger partial charge in [0.1, 0.15) is 16.8 Å². The molecule has 1 aliphatic carbocycles. The topological polar surface area (TPSA) is 58.6 Å². The molecule has 1 saturated carbocycles. The molecule has 4 rings (SSSR count). The first-order valence-corrected chi connectivity index (χ1v) is 9.24. The molecule has 24 heavy (non-hydrogen) atoms. The summed E-state index contributed by atoms with van der Waals surface area (Å²) in [6, 6.07) is 1.83. The molecule has 1 aromatic heterocycles. The minimum absolute atomic E-state index is 0.0370. The molecular formula is C17H23ClN4O2. The second-order valence-corrected chi connectivity index (χ2v) is 7.29. The van der Waals surface area contributed by atoms with Crippen LogP contribution in [0.2, 0.25) is 5.15 Å². The highest BCUT2D eigenvalue weighted by atomic mass is 35.5. The average molecular weight is 351 g/mol. The van der Waals surface area contributed by atoms with Gasteiger partial charge in [-0.15, -0.1) is 0 Å². The molecule has 0 radical (unpaired) electrons. The molecule has 1 aromatic rings. The molecule has 3 heterocycles. The van der Waals surface area contributed by atoms with Gasteiger partial charge in [-0.25, -0.2) is 9.97 Å². The first-order valence-electron chi connectivity index (χ1n) is 8.86. The molecule has 6 nitrogen and oxygen atoms in total. The normalized spacial score (nSPS) is 25.0. The first-order chi connectivity index (χ1) is 11.7. The maximum atomic E-state index is 12.8. The molecule has 0 aromatic carbocycles.